The fourth-order valence-corrected chi connectivity index (χ4v) is 0.766. The average Bonchev–Trinajstić information content (AvgIpc) is 2.04. The molecule has 0 saturated heterocycles. The van der Waals surface area contributed by atoms with E-state index in [1.54, 1.807) is 0 Å². The smallest absolute Gasteiger partial charge is 0.222 e. The van der Waals surface area contributed by atoms with Crippen molar-refractivity contribution < 1.29 is 19.3 Å². The van der Waals surface area contributed by atoms with E-state index in [4.69, 9.17) is 19.3 Å². The summed E-state index contributed by atoms with van der Waals surface area (Å²) in [7, 11) is 0. The maximum atomic E-state index is 8.46. The Bertz CT molecular complexity index is 125. The molecule has 1 unspecified atom stereocenters. The van der Waals surface area contributed by atoms with Crippen LogP contribution in [0.1, 0.15) is 13.8 Å². The van der Waals surface area contributed by atoms with Gasteiger partial charge >= 0.3 is 0 Å². The Balaban J connectivity index is 3.59. The van der Waals surface area contributed by atoms with E-state index in [1.165, 1.54) is 6.26 Å². The summed E-state index contributed by atoms with van der Waals surface area (Å²) in [4.78, 5) is 0. The Hall–Kier alpha value is -0.580. The first-order valence-electron chi connectivity index (χ1n) is 4.31. The second kappa shape index (κ2) is 8.04. The van der Waals surface area contributed by atoms with E-state index < -0.39 is 6.29 Å². The SMILES string of the molecule is C=COC(COCCO)OC(C)C. The molecule has 0 bridgehead atoms. The zero-order chi connectivity index (χ0) is 10.1. The Kier molecular flexibility index (Phi) is 7.68. The number of aliphatic hydroxyl groups excluding tert-OH is 1. The van der Waals surface area contributed by atoms with Crippen molar-refractivity contribution in [3.8, 4) is 0 Å². The maximum absolute atomic E-state index is 8.46. The quantitative estimate of drug-likeness (QED) is 0.351. The van der Waals surface area contributed by atoms with Crippen LogP contribution in [0.2, 0.25) is 0 Å². The van der Waals surface area contributed by atoms with Crippen molar-refractivity contribution in [2.75, 3.05) is 19.8 Å². The summed E-state index contributed by atoms with van der Waals surface area (Å²) in [5.41, 5.74) is 0. The first kappa shape index (κ1) is 12.4. The highest BCUT2D eigenvalue weighted by molar-refractivity contribution is 4.54. The molecular formula is C9H18O4. The van der Waals surface area contributed by atoms with Crippen LogP contribution in [0.4, 0.5) is 0 Å². The van der Waals surface area contributed by atoms with Crippen molar-refractivity contribution in [3.63, 3.8) is 0 Å². The van der Waals surface area contributed by atoms with Crippen molar-refractivity contribution in [2.24, 2.45) is 0 Å². The average molecular weight is 190 g/mol. The van der Waals surface area contributed by atoms with Gasteiger partial charge in [0.05, 0.1) is 25.6 Å². The lowest BCUT2D eigenvalue weighted by atomic mass is 10.5. The largest absolute Gasteiger partial charge is 0.471 e. The van der Waals surface area contributed by atoms with Crippen molar-refractivity contribution >= 4 is 0 Å². The van der Waals surface area contributed by atoms with Gasteiger partial charge in [-0.25, -0.2) is 0 Å². The second-order valence-electron chi connectivity index (χ2n) is 2.72. The molecule has 0 saturated carbocycles. The Morgan fingerprint density at radius 1 is 1.46 bits per heavy atom. The minimum atomic E-state index is -0.441. The first-order valence-corrected chi connectivity index (χ1v) is 4.31. The fraction of sp³-hybridized carbons (Fsp3) is 0.778. The molecule has 0 amide bonds. The van der Waals surface area contributed by atoms with Crippen molar-refractivity contribution in [1.29, 1.82) is 0 Å². The number of hydrogen-bond acceptors (Lipinski definition) is 4. The van der Waals surface area contributed by atoms with E-state index in [0.717, 1.165) is 0 Å². The molecule has 1 atom stereocenters. The van der Waals surface area contributed by atoms with E-state index in [2.05, 4.69) is 6.58 Å². The summed E-state index contributed by atoms with van der Waals surface area (Å²) < 4.78 is 15.4. The van der Waals surface area contributed by atoms with Crippen LogP contribution in [0.25, 0.3) is 0 Å². The van der Waals surface area contributed by atoms with Gasteiger partial charge in [0, 0.05) is 0 Å². The maximum Gasteiger partial charge on any atom is 0.222 e. The van der Waals surface area contributed by atoms with E-state index in [0.29, 0.717) is 13.2 Å². The summed E-state index contributed by atoms with van der Waals surface area (Å²) in [6.07, 6.45) is 0.946. The van der Waals surface area contributed by atoms with E-state index in [1.807, 2.05) is 13.8 Å². The molecule has 0 radical (unpaired) electrons. The molecule has 4 nitrogen and oxygen atoms in total. The van der Waals surface area contributed by atoms with E-state index >= 15 is 0 Å². The van der Waals surface area contributed by atoms with Crippen LogP contribution in [0, 0.1) is 0 Å². The summed E-state index contributed by atoms with van der Waals surface area (Å²) in [5.74, 6) is 0. The zero-order valence-electron chi connectivity index (χ0n) is 8.23. The molecule has 0 heterocycles. The van der Waals surface area contributed by atoms with E-state index in [-0.39, 0.29) is 12.7 Å². The second-order valence-corrected chi connectivity index (χ2v) is 2.72. The van der Waals surface area contributed by atoms with Gasteiger partial charge in [-0.3, -0.25) is 0 Å². The summed E-state index contributed by atoms with van der Waals surface area (Å²) in [5, 5.41) is 8.46. The Labute approximate surface area is 79.1 Å². The van der Waals surface area contributed by atoms with Gasteiger partial charge in [-0.05, 0) is 13.8 Å². The fourth-order valence-electron chi connectivity index (χ4n) is 0.766. The molecule has 0 rings (SSSR count). The topological polar surface area (TPSA) is 47.9 Å². The predicted octanol–water partition coefficient (Wildman–Crippen LogP) is 0.906. The number of aliphatic hydroxyl groups is 1. The molecule has 0 spiro atoms. The van der Waals surface area contributed by atoms with Gasteiger partial charge in [0.1, 0.15) is 6.61 Å². The Morgan fingerprint density at radius 2 is 2.15 bits per heavy atom. The molecule has 13 heavy (non-hydrogen) atoms. The number of ether oxygens (including phenoxy) is 3. The standard InChI is InChI=1S/C9H18O4/c1-4-12-9(13-8(2)3)7-11-6-5-10/h4,8-10H,1,5-7H2,2-3H3. The summed E-state index contributed by atoms with van der Waals surface area (Å²) >= 11 is 0. The molecule has 0 aliphatic carbocycles. The van der Waals surface area contributed by atoms with Crippen molar-refractivity contribution in [2.45, 2.75) is 26.2 Å². The monoisotopic (exact) mass is 190 g/mol. The highest BCUT2D eigenvalue weighted by Gasteiger charge is 2.10. The van der Waals surface area contributed by atoms with Crippen molar-refractivity contribution in [3.05, 3.63) is 12.8 Å². The molecule has 0 aliphatic rings. The highest BCUT2D eigenvalue weighted by atomic mass is 16.7. The van der Waals surface area contributed by atoms with Crippen LogP contribution >= 0.6 is 0 Å². The predicted molar refractivity (Wildman–Crippen MR) is 49.2 cm³/mol. The molecule has 0 aromatic heterocycles. The van der Waals surface area contributed by atoms with Crippen LogP contribution < -0.4 is 0 Å². The summed E-state index contributed by atoms with van der Waals surface area (Å²) in [6.45, 7) is 7.83. The zero-order valence-corrected chi connectivity index (χ0v) is 8.23. The number of hydrogen-bond donors (Lipinski definition) is 1. The van der Waals surface area contributed by atoms with Gasteiger partial charge in [0.2, 0.25) is 6.29 Å². The van der Waals surface area contributed by atoms with Crippen LogP contribution in [-0.2, 0) is 14.2 Å². The van der Waals surface area contributed by atoms with Gasteiger partial charge < -0.3 is 19.3 Å². The lowest BCUT2D eigenvalue weighted by Crippen LogP contribution is -2.25. The van der Waals surface area contributed by atoms with E-state index in [9.17, 15) is 0 Å². The van der Waals surface area contributed by atoms with Gasteiger partial charge in [-0.15, -0.1) is 0 Å². The molecule has 4 heteroatoms. The molecular weight excluding hydrogens is 172 g/mol. The van der Waals surface area contributed by atoms with Crippen LogP contribution in [-0.4, -0.2) is 37.3 Å². The third kappa shape index (κ3) is 7.77. The molecule has 0 aromatic carbocycles. The molecule has 0 aromatic rings. The molecule has 0 aliphatic heterocycles. The summed E-state index contributed by atoms with van der Waals surface area (Å²) in [6, 6.07) is 0. The van der Waals surface area contributed by atoms with Gasteiger partial charge in [-0.1, -0.05) is 6.58 Å². The van der Waals surface area contributed by atoms with Gasteiger partial charge in [-0.2, -0.15) is 0 Å². The highest BCUT2D eigenvalue weighted by Crippen LogP contribution is 2.01. The molecule has 78 valence electrons. The number of rotatable bonds is 8. The minimum Gasteiger partial charge on any atom is -0.471 e. The van der Waals surface area contributed by atoms with Crippen LogP contribution in [0.15, 0.2) is 12.8 Å². The van der Waals surface area contributed by atoms with Crippen LogP contribution in [0.5, 0.6) is 0 Å². The Morgan fingerprint density at radius 3 is 2.62 bits per heavy atom. The van der Waals surface area contributed by atoms with Gasteiger partial charge in [0.25, 0.3) is 0 Å². The lowest BCUT2D eigenvalue weighted by molar-refractivity contribution is -0.163. The minimum absolute atomic E-state index is 0.00247. The molecule has 1 N–H and O–H groups in total. The molecule has 0 fully saturated rings. The van der Waals surface area contributed by atoms with Crippen molar-refractivity contribution in [1.82, 2.24) is 0 Å². The van der Waals surface area contributed by atoms with Gasteiger partial charge in [0.15, 0.2) is 0 Å². The van der Waals surface area contributed by atoms with Crippen LogP contribution in [0.3, 0.4) is 0 Å². The third-order valence-electron chi connectivity index (χ3n) is 1.16. The lowest BCUT2D eigenvalue weighted by Gasteiger charge is -2.19. The third-order valence-corrected chi connectivity index (χ3v) is 1.16. The first-order chi connectivity index (χ1) is 6.20. The normalized spacial score (nSPS) is 12.9.